The molecule has 4 amide bonds. The van der Waals surface area contributed by atoms with Gasteiger partial charge >= 0.3 is 5.97 Å². The first kappa shape index (κ1) is 45.5. The average molecular weight is 786 g/mol. The Hall–Kier alpha value is -3.91. The number of nitrogens with zero attached hydrogens (tertiary/aromatic N) is 4. The van der Waals surface area contributed by atoms with E-state index in [2.05, 4.69) is 5.32 Å². The number of carbonyl (C=O) groups is 5. The fourth-order valence-corrected chi connectivity index (χ4v) is 7.68. The highest BCUT2D eigenvalue weighted by atomic mass is 32.2. The maximum absolute atomic E-state index is 14.1. The number of aliphatic hydroxyl groups excluding tert-OH is 1. The zero-order chi connectivity index (χ0) is 41.5. The number of ether oxygens (including phenoxy) is 2. The molecule has 0 fully saturated rings. The lowest BCUT2D eigenvalue weighted by molar-refractivity contribution is -0.165. The van der Waals surface area contributed by atoms with Gasteiger partial charge in [0.1, 0.15) is 36.0 Å². The van der Waals surface area contributed by atoms with Gasteiger partial charge in [0, 0.05) is 44.8 Å². The van der Waals surface area contributed by atoms with Crippen LogP contribution in [0.25, 0.3) is 0 Å². The third-order valence-corrected chi connectivity index (χ3v) is 12.3. The number of nitrogens with one attached hydrogen (secondary N) is 1. The number of likely N-dealkylation sites (N-methyl/N-ethyl adjacent to an activating group) is 3. The minimum Gasteiger partial charge on any atom is -0.497 e. The van der Waals surface area contributed by atoms with Crippen molar-refractivity contribution in [3.63, 3.8) is 0 Å². The van der Waals surface area contributed by atoms with Crippen LogP contribution in [0.1, 0.15) is 80.7 Å². The van der Waals surface area contributed by atoms with Crippen molar-refractivity contribution in [2.75, 3.05) is 34.0 Å². The SMILES string of the molecule is COc1ccc(C[C@@H]2NC(=O)/C(C)=C/[C@H]3CSC(=N3)[C@@H](C)[C@@H](O)C[C@H](C)C[C@@H](C(C)(C)C)OC(=O)[C@H](C)N(C)C(=O)[C@H](C)N(C)C(=O)[C@H](C)N(C)C2=O)cc1. The quantitative estimate of drug-likeness (QED) is 0.431. The molecule has 0 aliphatic carbocycles. The summed E-state index contributed by atoms with van der Waals surface area (Å²) in [5, 5.41) is 15.0. The van der Waals surface area contributed by atoms with E-state index in [1.807, 2.05) is 46.8 Å². The maximum atomic E-state index is 14.1. The normalized spacial score (nSPS) is 31.5. The van der Waals surface area contributed by atoms with E-state index < -0.39 is 71.4 Å². The monoisotopic (exact) mass is 785 g/mol. The number of methoxy groups -OCH3 is 1. The molecule has 2 N–H and O–H groups in total. The number of aliphatic imine (C=N–C) groups is 1. The number of hydrogen-bond acceptors (Lipinski definition) is 10. The molecule has 2 aliphatic heterocycles. The van der Waals surface area contributed by atoms with Gasteiger partial charge < -0.3 is 34.6 Å². The van der Waals surface area contributed by atoms with Crippen molar-refractivity contribution < 1.29 is 38.6 Å². The van der Waals surface area contributed by atoms with Crippen LogP contribution in [0.3, 0.4) is 0 Å². The summed E-state index contributed by atoms with van der Waals surface area (Å²) < 4.78 is 11.4. The summed E-state index contributed by atoms with van der Waals surface area (Å²) in [5.74, 6) is -1.51. The lowest BCUT2D eigenvalue weighted by Gasteiger charge is -2.36. The molecule has 2 bridgehead atoms. The van der Waals surface area contributed by atoms with Crippen LogP contribution in [0.5, 0.6) is 5.75 Å². The molecule has 0 radical (unpaired) electrons. The fraction of sp³-hybridized carbons (Fsp3) is 0.659. The van der Waals surface area contributed by atoms with Gasteiger partial charge in [-0.05, 0) is 69.6 Å². The Bertz CT molecular complexity index is 1610. The van der Waals surface area contributed by atoms with Crippen molar-refractivity contribution in [2.45, 2.75) is 124 Å². The number of carbonyl (C=O) groups excluding carboxylic acids is 5. The summed E-state index contributed by atoms with van der Waals surface area (Å²) in [6.45, 7) is 16.3. The summed E-state index contributed by atoms with van der Waals surface area (Å²) in [4.78, 5) is 77.6. The highest BCUT2D eigenvalue weighted by molar-refractivity contribution is 8.14. The molecule has 13 nitrogen and oxygen atoms in total. The van der Waals surface area contributed by atoms with Gasteiger partial charge in [-0.1, -0.05) is 52.8 Å². The second-order valence-electron chi connectivity index (χ2n) is 16.4. The number of fused-ring (bicyclic) bond motifs is 1. The second-order valence-corrected chi connectivity index (χ2v) is 17.4. The fourth-order valence-electron chi connectivity index (χ4n) is 6.53. The van der Waals surface area contributed by atoms with Gasteiger partial charge in [-0.25, -0.2) is 4.79 Å². The Labute approximate surface area is 331 Å². The Morgan fingerprint density at radius 1 is 0.873 bits per heavy atom. The van der Waals surface area contributed by atoms with Crippen LogP contribution in [0.2, 0.25) is 0 Å². The van der Waals surface area contributed by atoms with E-state index in [0.717, 1.165) is 10.6 Å². The second kappa shape index (κ2) is 19.3. The zero-order valence-electron chi connectivity index (χ0n) is 34.9. The van der Waals surface area contributed by atoms with E-state index in [0.29, 0.717) is 29.9 Å². The van der Waals surface area contributed by atoms with Gasteiger partial charge in [0.15, 0.2) is 0 Å². The third kappa shape index (κ3) is 11.8. The standard InChI is InChI=1S/C41H63N5O8S/c1-23-18-33(47)25(3)36-42-30(22-55-36)20-24(2)35(48)43-32(21-29-14-16-31(53-13)17-15-29)39(51)45(11)27(5)37(49)44(10)26(4)38(50)46(12)28(6)40(52)54-34(19-23)41(7,8)9/h14-17,20,23,25-28,30,32-34,47H,18-19,21-22H2,1-13H3,(H,43,48)/b24-20+/t23-,25-,26-,27-,28-,30-,32-,33-,34-/m0/s1. The molecular formula is C41H63N5O8S. The first-order valence-corrected chi connectivity index (χ1v) is 20.1. The summed E-state index contributed by atoms with van der Waals surface area (Å²) in [6, 6.07) is 2.89. The third-order valence-electron chi connectivity index (χ3n) is 11.0. The lowest BCUT2D eigenvalue weighted by Crippen LogP contribution is -2.57. The minimum absolute atomic E-state index is 0.0133. The molecule has 14 heteroatoms. The van der Waals surface area contributed by atoms with Crippen LogP contribution < -0.4 is 10.1 Å². The van der Waals surface area contributed by atoms with Gasteiger partial charge in [-0.3, -0.25) is 24.2 Å². The molecule has 0 aromatic heterocycles. The van der Waals surface area contributed by atoms with Crippen molar-refractivity contribution in [3.8, 4) is 5.75 Å². The molecule has 2 aliphatic rings. The van der Waals surface area contributed by atoms with Crippen LogP contribution >= 0.6 is 11.8 Å². The zero-order valence-corrected chi connectivity index (χ0v) is 35.7. The van der Waals surface area contributed by atoms with Crippen molar-refractivity contribution >= 4 is 46.4 Å². The molecule has 1 aromatic carbocycles. The Balaban J connectivity index is 2.01. The molecule has 3 rings (SSSR count). The van der Waals surface area contributed by atoms with Gasteiger partial charge in [0.2, 0.25) is 23.6 Å². The van der Waals surface area contributed by atoms with Crippen LogP contribution in [0.4, 0.5) is 0 Å². The highest BCUT2D eigenvalue weighted by Crippen LogP contribution is 2.33. The van der Waals surface area contributed by atoms with Crippen molar-refractivity contribution in [2.24, 2.45) is 22.2 Å². The first-order valence-electron chi connectivity index (χ1n) is 19.1. The maximum Gasteiger partial charge on any atom is 0.328 e. The van der Waals surface area contributed by atoms with Crippen LogP contribution in [0, 0.1) is 17.3 Å². The van der Waals surface area contributed by atoms with E-state index in [4.69, 9.17) is 14.5 Å². The minimum atomic E-state index is -1.03. The smallest absolute Gasteiger partial charge is 0.328 e. The summed E-state index contributed by atoms with van der Waals surface area (Å²) in [5.41, 5.74) is 0.728. The molecule has 0 saturated carbocycles. The topological polar surface area (TPSA) is 158 Å². The Morgan fingerprint density at radius 2 is 1.42 bits per heavy atom. The first-order chi connectivity index (χ1) is 25.6. The van der Waals surface area contributed by atoms with Gasteiger partial charge in [-0.2, -0.15) is 0 Å². The number of aliphatic hydroxyl groups is 1. The van der Waals surface area contributed by atoms with Gasteiger partial charge in [0.05, 0.1) is 24.3 Å². The predicted octanol–water partition coefficient (Wildman–Crippen LogP) is 4.11. The summed E-state index contributed by atoms with van der Waals surface area (Å²) >= 11 is 1.55. The van der Waals surface area contributed by atoms with Gasteiger partial charge in [0.25, 0.3) is 0 Å². The molecule has 55 heavy (non-hydrogen) atoms. The van der Waals surface area contributed by atoms with Crippen molar-refractivity contribution in [1.29, 1.82) is 0 Å². The van der Waals surface area contributed by atoms with Gasteiger partial charge in [-0.15, -0.1) is 11.8 Å². The lowest BCUT2D eigenvalue weighted by atomic mass is 9.81. The highest BCUT2D eigenvalue weighted by Gasteiger charge is 2.38. The van der Waals surface area contributed by atoms with E-state index in [9.17, 15) is 29.1 Å². The predicted molar refractivity (Wildman–Crippen MR) is 216 cm³/mol. The number of amides is 4. The number of benzene rings is 1. The molecule has 9 atom stereocenters. The van der Waals surface area contributed by atoms with Crippen LogP contribution in [-0.2, 0) is 35.1 Å². The van der Waals surface area contributed by atoms with Crippen LogP contribution in [-0.4, -0.2) is 131 Å². The number of rotatable bonds is 3. The summed E-state index contributed by atoms with van der Waals surface area (Å²) in [6.07, 6.45) is 1.67. The molecular weight excluding hydrogens is 723 g/mol. The molecule has 0 spiro atoms. The molecule has 0 unspecified atom stereocenters. The van der Waals surface area contributed by atoms with E-state index in [-0.39, 0.29) is 24.3 Å². The molecule has 0 saturated heterocycles. The van der Waals surface area contributed by atoms with E-state index in [1.165, 1.54) is 35.8 Å². The molecule has 1 aromatic rings. The largest absolute Gasteiger partial charge is 0.497 e. The number of esters is 1. The van der Waals surface area contributed by atoms with Crippen molar-refractivity contribution in [3.05, 3.63) is 41.5 Å². The Morgan fingerprint density at radius 3 is 1.96 bits per heavy atom. The van der Waals surface area contributed by atoms with E-state index in [1.54, 1.807) is 64.8 Å². The number of thioether (sulfide) groups is 1. The van der Waals surface area contributed by atoms with Crippen LogP contribution in [0.15, 0.2) is 40.9 Å². The van der Waals surface area contributed by atoms with Crippen molar-refractivity contribution in [1.82, 2.24) is 20.0 Å². The Kier molecular flexibility index (Phi) is 16.0. The van der Waals surface area contributed by atoms with E-state index >= 15 is 0 Å². The summed E-state index contributed by atoms with van der Waals surface area (Å²) in [7, 11) is 6.03. The number of hydrogen-bond donors (Lipinski definition) is 2. The molecule has 2 heterocycles. The molecule has 306 valence electrons. The number of cyclic esters (lactones) is 1. The average Bonchev–Trinajstić information content (AvgIpc) is 3.61.